The second kappa shape index (κ2) is 8.47. The summed E-state index contributed by atoms with van der Waals surface area (Å²) in [5.74, 6) is -0.359. The number of aryl methyl sites for hydroxylation is 2. The Morgan fingerprint density at radius 1 is 1.04 bits per heavy atom. The SMILES string of the molecule is CC[C@@H](C)c1ccc(NC(=O)COC(=O)c2ccc(C)c(C)c2)cc1. The van der Waals surface area contributed by atoms with Crippen LogP contribution in [0.5, 0.6) is 0 Å². The molecule has 25 heavy (non-hydrogen) atoms. The number of esters is 1. The van der Waals surface area contributed by atoms with E-state index in [0.29, 0.717) is 17.2 Å². The van der Waals surface area contributed by atoms with Crippen molar-refractivity contribution >= 4 is 17.6 Å². The smallest absolute Gasteiger partial charge is 0.338 e. The Balaban J connectivity index is 1.87. The predicted octanol–water partition coefficient (Wildman–Crippen LogP) is 4.61. The minimum atomic E-state index is -0.495. The number of carbonyl (C=O) groups is 2. The largest absolute Gasteiger partial charge is 0.452 e. The molecule has 0 spiro atoms. The molecule has 1 atom stereocenters. The molecule has 0 aliphatic rings. The number of carbonyl (C=O) groups excluding carboxylic acids is 2. The van der Waals surface area contributed by atoms with Crippen molar-refractivity contribution in [1.29, 1.82) is 0 Å². The van der Waals surface area contributed by atoms with E-state index in [1.54, 1.807) is 12.1 Å². The van der Waals surface area contributed by atoms with Crippen LogP contribution >= 0.6 is 0 Å². The first kappa shape index (κ1) is 18.7. The average molecular weight is 339 g/mol. The zero-order valence-electron chi connectivity index (χ0n) is 15.3. The summed E-state index contributed by atoms with van der Waals surface area (Å²) in [7, 11) is 0. The van der Waals surface area contributed by atoms with Crippen LogP contribution in [0.4, 0.5) is 5.69 Å². The Bertz CT molecular complexity index is 750. The molecule has 2 rings (SSSR count). The van der Waals surface area contributed by atoms with Gasteiger partial charge in [-0.05, 0) is 67.1 Å². The summed E-state index contributed by atoms with van der Waals surface area (Å²) in [6.07, 6.45) is 1.07. The maximum Gasteiger partial charge on any atom is 0.338 e. The van der Waals surface area contributed by atoms with Gasteiger partial charge in [-0.15, -0.1) is 0 Å². The molecule has 0 unspecified atom stereocenters. The molecule has 4 nitrogen and oxygen atoms in total. The van der Waals surface area contributed by atoms with Gasteiger partial charge in [-0.2, -0.15) is 0 Å². The Labute approximate surface area is 149 Å². The molecule has 4 heteroatoms. The number of rotatable bonds is 6. The number of nitrogens with one attached hydrogen (secondary N) is 1. The van der Waals surface area contributed by atoms with Crippen molar-refractivity contribution in [1.82, 2.24) is 0 Å². The molecule has 0 bridgehead atoms. The molecule has 0 aliphatic carbocycles. The number of ether oxygens (including phenoxy) is 1. The van der Waals surface area contributed by atoms with Crippen molar-refractivity contribution in [3.05, 3.63) is 64.7 Å². The summed E-state index contributed by atoms with van der Waals surface area (Å²) < 4.78 is 5.09. The van der Waals surface area contributed by atoms with Crippen molar-refractivity contribution in [3.8, 4) is 0 Å². The van der Waals surface area contributed by atoms with Crippen LogP contribution in [-0.4, -0.2) is 18.5 Å². The molecule has 0 aromatic heterocycles. The van der Waals surface area contributed by atoms with Gasteiger partial charge in [0.1, 0.15) is 0 Å². The first-order valence-electron chi connectivity index (χ1n) is 8.55. The summed E-state index contributed by atoms with van der Waals surface area (Å²) in [6, 6.07) is 13.1. The highest BCUT2D eigenvalue weighted by atomic mass is 16.5. The second-order valence-electron chi connectivity index (χ2n) is 6.35. The molecular formula is C21H25NO3. The molecule has 0 heterocycles. The van der Waals surface area contributed by atoms with Gasteiger partial charge in [-0.25, -0.2) is 4.79 Å². The fourth-order valence-corrected chi connectivity index (χ4v) is 2.41. The number of anilines is 1. The lowest BCUT2D eigenvalue weighted by molar-refractivity contribution is -0.119. The Morgan fingerprint density at radius 3 is 2.32 bits per heavy atom. The van der Waals surface area contributed by atoms with Gasteiger partial charge in [-0.1, -0.05) is 32.0 Å². The van der Waals surface area contributed by atoms with Crippen molar-refractivity contribution in [2.75, 3.05) is 11.9 Å². The van der Waals surface area contributed by atoms with Gasteiger partial charge >= 0.3 is 5.97 Å². The molecule has 0 radical (unpaired) electrons. The standard InChI is InChI=1S/C21H25NO3/c1-5-14(2)17-8-10-19(11-9-17)22-20(23)13-25-21(24)18-7-6-15(3)16(4)12-18/h6-12,14H,5,13H2,1-4H3,(H,22,23)/t14-/m1/s1. The molecule has 1 amide bonds. The van der Waals surface area contributed by atoms with Crippen LogP contribution in [0.15, 0.2) is 42.5 Å². The van der Waals surface area contributed by atoms with Crippen LogP contribution in [0.1, 0.15) is 53.2 Å². The topological polar surface area (TPSA) is 55.4 Å². The molecule has 0 fully saturated rings. The third-order valence-corrected chi connectivity index (χ3v) is 4.45. The Kier molecular flexibility index (Phi) is 6.34. The zero-order chi connectivity index (χ0) is 18.4. The van der Waals surface area contributed by atoms with E-state index >= 15 is 0 Å². The fourth-order valence-electron chi connectivity index (χ4n) is 2.41. The van der Waals surface area contributed by atoms with Crippen LogP contribution in [0.25, 0.3) is 0 Å². The van der Waals surface area contributed by atoms with Gasteiger partial charge in [0.15, 0.2) is 6.61 Å². The lowest BCUT2D eigenvalue weighted by Crippen LogP contribution is -2.21. The van der Waals surface area contributed by atoms with Gasteiger partial charge in [0.2, 0.25) is 0 Å². The van der Waals surface area contributed by atoms with Crippen LogP contribution in [0.2, 0.25) is 0 Å². The molecule has 132 valence electrons. The molecule has 0 saturated heterocycles. The van der Waals surface area contributed by atoms with Crippen molar-refractivity contribution in [3.63, 3.8) is 0 Å². The number of hydrogen-bond donors (Lipinski definition) is 1. The maximum atomic E-state index is 12.0. The van der Waals surface area contributed by atoms with E-state index < -0.39 is 5.97 Å². The maximum absolute atomic E-state index is 12.0. The molecule has 1 N–H and O–H groups in total. The van der Waals surface area contributed by atoms with E-state index in [9.17, 15) is 9.59 Å². The van der Waals surface area contributed by atoms with E-state index in [1.807, 2.05) is 44.2 Å². The lowest BCUT2D eigenvalue weighted by atomic mass is 9.99. The molecule has 0 aliphatic heterocycles. The Morgan fingerprint density at radius 2 is 1.72 bits per heavy atom. The summed E-state index contributed by atoms with van der Waals surface area (Å²) in [4.78, 5) is 24.0. The monoisotopic (exact) mass is 339 g/mol. The third kappa shape index (κ3) is 5.18. The average Bonchev–Trinajstić information content (AvgIpc) is 2.62. The summed E-state index contributed by atoms with van der Waals surface area (Å²) in [5, 5.41) is 2.74. The first-order chi connectivity index (χ1) is 11.9. The predicted molar refractivity (Wildman–Crippen MR) is 100.0 cm³/mol. The van der Waals surface area contributed by atoms with Crippen LogP contribution < -0.4 is 5.32 Å². The van der Waals surface area contributed by atoms with E-state index in [1.165, 1.54) is 5.56 Å². The summed E-state index contributed by atoms with van der Waals surface area (Å²) in [5.41, 5.74) is 4.50. The van der Waals surface area contributed by atoms with Crippen molar-refractivity contribution < 1.29 is 14.3 Å². The van der Waals surface area contributed by atoms with Gasteiger partial charge < -0.3 is 10.1 Å². The molecule has 2 aromatic rings. The summed E-state index contributed by atoms with van der Waals surface area (Å²) >= 11 is 0. The first-order valence-corrected chi connectivity index (χ1v) is 8.55. The number of amides is 1. The quantitative estimate of drug-likeness (QED) is 0.782. The number of hydrogen-bond acceptors (Lipinski definition) is 3. The highest BCUT2D eigenvalue weighted by Gasteiger charge is 2.11. The van der Waals surface area contributed by atoms with Gasteiger partial charge in [0.05, 0.1) is 5.56 Å². The lowest BCUT2D eigenvalue weighted by Gasteiger charge is -2.11. The van der Waals surface area contributed by atoms with E-state index in [-0.39, 0.29) is 12.5 Å². The number of benzene rings is 2. The third-order valence-electron chi connectivity index (χ3n) is 4.45. The normalized spacial score (nSPS) is 11.7. The van der Waals surface area contributed by atoms with Gasteiger partial charge in [0.25, 0.3) is 5.91 Å². The highest BCUT2D eigenvalue weighted by Crippen LogP contribution is 2.20. The van der Waals surface area contributed by atoms with Crippen LogP contribution in [0, 0.1) is 13.8 Å². The van der Waals surface area contributed by atoms with E-state index in [0.717, 1.165) is 17.5 Å². The van der Waals surface area contributed by atoms with Crippen molar-refractivity contribution in [2.45, 2.75) is 40.0 Å². The van der Waals surface area contributed by atoms with Gasteiger partial charge in [0, 0.05) is 5.69 Å². The van der Waals surface area contributed by atoms with Crippen LogP contribution in [-0.2, 0) is 9.53 Å². The second-order valence-corrected chi connectivity index (χ2v) is 6.35. The summed E-state index contributed by atoms with van der Waals surface area (Å²) in [6.45, 7) is 7.91. The molecule has 2 aromatic carbocycles. The Hall–Kier alpha value is -2.62. The van der Waals surface area contributed by atoms with E-state index in [2.05, 4.69) is 19.2 Å². The van der Waals surface area contributed by atoms with Gasteiger partial charge in [-0.3, -0.25) is 4.79 Å². The van der Waals surface area contributed by atoms with Crippen LogP contribution in [0.3, 0.4) is 0 Å². The minimum Gasteiger partial charge on any atom is -0.452 e. The zero-order valence-corrected chi connectivity index (χ0v) is 15.3. The van der Waals surface area contributed by atoms with E-state index in [4.69, 9.17) is 4.74 Å². The molecular weight excluding hydrogens is 314 g/mol. The fraction of sp³-hybridized carbons (Fsp3) is 0.333. The minimum absolute atomic E-state index is 0.307. The highest BCUT2D eigenvalue weighted by molar-refractivity contribution is 5.95. The van der Waals surface area contributed by atoms with Crippen molar-refractivity contribution in [2.24, 2.45) is 0 Å². The molecule has 0 saturated carbocycles.